The van der Waals surface area contributed by atoms with Crippen LogP contribution in [0.4, 0.5) is 10.5 Å². The lowest BCUT2D eigenvalue weighted by Gasteiger charge is -2.24. The summed E-state index contributed by atoms with van der Waals surface area (Å²) in [5.41, 5.74) is 0.912. The number of benzene rings is 2. The fraction of sp³-hybridized carbons (Fsp3) is 0.409. The van der Waals surface area contributed by atoms with Crippen LogP contribution in [0, 0.1) is 6.92 Å². The first-order chi connectivity index (χ1) is 14.0. The van der Waals surface area contributed by atoms with E-state index in [1.165, 1.54) is 0 Å². The zero-order chi connectivity index (χ0) is 21.9. The van der Waals surface area contributed by atoms with Crippen LogP contribution in [0.3, 0.4) is 0 Å². The number of sulfonamides is 1. The summed E-state index contributed by atoms with van der Waals surface area (Å²) in [6.07, 6.45) is 0.239. The van der Waals surface area contributed by atoms with E-state index in [4.69, 9.17) is 9.47 Å². The SMILES string of the molecule is Cc1ccc(S(=O)(=O)Nc2ccc(OC3CCN(C(=O)OC(C)(C)C)C3)cc2)cc1. The monoisotopic (exact) mass is 432 g/mol. The van der Waals surface area contributed by atoms with Crippen molar-refractivity contribution < 1.29 is 22.7 Å². The Morgan fingerprint density at radius 1 is 1.07 bits per heavy atom. The molecule has 1 fully saturated rings. The molecule has 0 bridgehead atoms. The van der Waals surface area contributed by atoms with E-state index in [2.05, 4.69) is 4.72 Å². The number of anilines is 1. The van der Waals surface area contributed by atoms with Crippen LogP contribution in [0.5, 0.6) is 5.75 Å². The van der Waals surface area contributed by atoms with Gasteiger partial charge < -0.3 is 14.4 Å². The number of likely N-dealkylation sites (tertiary alicyclic amines) is 1. The van der Waals surface area contributed by atoms with Crippen molar-refractivity contribution >= 4 is 21.8 Å². The number of aryl methyl sites for hydroxylation is 1. The Morgan fingerprint density at radius 3 is 2.30 bits per heavy atom. The molecule has 162 valence electrons. The van der Waals surface area contributed by atoms with Crippen molar-refractivity contribution in [1.29, 1.82) is 0 Å². The van der Waals surface area contributed by atoms with Crippen LogP contribution in [0.25, 0.3) is 0 Å². The van der Waals surface area contributed by atoms with Gasteiger partial charge in [0.05, 0.1) is 11.4 Å². The molecular weight excluding hydrogens is 404 g/mol. The summed E-state index contributed by atoms with van der Waals surface area (Å²) in [6, 6.07) is 13.4. The van der Waals surface area contributed by atoms with Crippen molar-refractivity contribution in [3.63, 3.8) is 0 Å². The van der Waals surface area contributed by atoms with Gasteiger partial charge in [-0.2, -0.15) is 0 Å². The maximum atomic E-state index is 12.5. The van der Waals surface area contributed by atoms with Crippen molar-refractivity contribution in [2.75, 3.05) is 17.8 Å². The number of nitrogens with one attached hydrogen (secondary N) is 1. The number of carbonyl (C=O) groups is 1. The first-order valence-electron chi connectivity index (χ1n) is 9.86. The van der Waals surface area contributed by atoms with Gasteiger partial charge in [-0.05, 0) is 64.1 Å². The highest BCUT2D eigenvalue weighted by molar-refractivity contribution is 7.92. The summed E-state index contributed by atoms with van der Waals surface area (Å²) in [4.78, 5) is 14.0. The molecule has 1 N–H and O–H groups in total. The van der Waals surface area contributed by atoms with Gasteiger partial charge in [-0.3, -0.25) is 4.72 Å². The number of hydrogen-bond donors (Lipinski definition) is 1. The third kappa shape index (κ3) is 5.89. The Hall–Kier alpha value is -2.74. The molecule has 2 aromatic carbocycles. The minimum Gasteiger partial charge on any atom is -0.489 e. The molecule has 1 heterocycles. The maximum Gasteiger partial charge on any atom is 0.410 e. The molecular formula is C22H28N2O5S. The molecule has 7 nitrogen and oxygen atoms in total. The smallest absolute Gasteiger partial charge is 0.410 e. The van der Waals surface area contributed by atoms with E-state index in [0.29, 0.717) is 30.9 Å². The maximum absolute atomic E-state index is 12.5. The van der Waals surface area contributed by atoms with Gasteiger partial charge in [0.25, 0.3) is 10.0 Å². The number of ether oxygens (including phenoxy) is 2. The zero-order valence-electron chi connectivity index (χ0n) is 17.7. The van der Waals surface area contributed by atoms with E-state index in [1.54, 1.807) is 53.4 Å². The standard InChI is InChI=1S/C22H28N2O5S/c1-16-5-11-20(12-6-16)30(26,27)23-17-7-9-18(10-8-17)28-19-13-14-24(15-19)21(25)29-22(2,3)4/h5-12,19,23H,13-15H2,1-4H3. The van der Waals surface area contributed by atoms with Gasteiger partial charge in [-0.25, -0.2) is 13.2 Å². The average molecular weight is 433 g/mol. The molecule has 1 saturated heterocycles. The Kier molecular flexibility index (Phi) is 6.26. The fourth-order valence-electron chi connectivity index (χ4n) is 3.04. The molecule has 3 rings (SSSR count). The fourth-order valence-corrected chi connectivity index (χ4v) is 4.10. The molecule has 1 unspecified atom stereocenters. The van der Waals surface area contributed by atoms with Gasteiger partial charge in [0.1, 0.15) is 17.5 Å². The van der Waals surface area contributed by atoms with Crippen LogP contribution >= 0.6 is 0 Å². The number of carbonyl (C=O) groups excluding carboxylic acids is 1. The lowest BCUT2D eigenvalue weighted by molar-refractivity contribution is 0.0275. The normalized spacial score (nSPS) is 16.9. The second kappa shape index (κ2) is 8.55. The van der Waals surface area contributed by atoms with Crippen molar-refractivity contribution in [2.45, 2.75) is 50.7 Å². The van der Waals surface area contributed by atoms with E-state index in [0.717, 1.165) is 5.56 Å². The molecule has 0 spiro atoms. The lowest BCUT2D eigenvalue weighted by Crippen LogP contribution is -2.36. The van der Waals surface area contributed by atoms with E-state index in [1.807, 2.05) is 27.7 Å². The van der Waals surface area contributed by atoms with Crippen molar-refractivity contribution in [3.8, 4) is 5.75 Å². The van der Waals surface area contributed by atoms with Gasteiger partial charge in [0, 0.05) is 18.7 Å². The van der Waals surface area contributed by atoms with E-state index in [9.17, 15) is 13.2 Å². The lowest BCUT2D eigenvalue weighted by atomic mass is 10.2. The van der Waals surface area contributed by atoms with Gasteiger partial charge in [-0.15, -0.1) is 0 Å². The predicted molar refractivity (Wildman–Crippen MR) is 115 cm³/mol. The molecule has 30 heavy (non-hydrogen) atoms. The van der Waals surface area contributed by atoms with Gasteiger partial charge in [-0.1, -0.05) is 17.7 Å². The Balaban J connectivity index is 1.56. The highest BCUT2D eigenvalue weighted by atomic mass is 32.2. The van der Waals surface area contributed by atoms with Crippen LogP contribution in [0.2, 0.25) is 0 Å². The number of rotatable bonds is 5. The van der Waals surface area contributed by atoms with Gasteiger partial charge >= 0.3 is 6.09 Å². The molecule has 1 atom stereocenters. The third-order valence-electron chi connectivity index (χ3n) is 4.54. The summed E-state index contributed by atoms with van der Waals surface area (Å²) in [7, 11) is -3.65. The van der Waals surface area contributed by atoms with Crippen molar-refractivity contribution in [3.05, 3.63) is 54.1 Å². The van der Waals surface area contributed by atoms with Crippen LogP contribution in [0.1, 0.15) is 32.8 Å². The molecule has 1 amide bonds. The summed E-state index contributed by atoms with van der Waals surface area (Å²) in [6.45, 7) is 8.45. The number of amides is 1. The first-order valence-corrected chi connectivity index (χ1v) is 11.3. The van der Waals surface area contributed by atoms with Crippen LogP contribution in [-0.4, -0.2) is 44.2 Å². The number of nitrogens with zero attached hydrogens (tertiary/aromatic N) is 1. The molecule has 1 aliphatic heterocycles. The molecule has 1 aliphatic rings. The van der Waals surface area contributed by atoms with Crippen molar-refractivity contribution in [1.82, 2.24) is 4.90 Å². The molecule has 8 heteroatoms. The highest BCUT2D eigenvalue weighted by Crippen LogP contribution is 2.23. The molecule has 0 radical (unpaired) electrons. The van der Waals surface area contributed by atoms with Crippen molar-refractivity contribution in [2.24, 2.45) is 0 Å². The van der Waals surface area contributed by atoms with Crippen LogP contribution in [0.15, 0.2) is 53.4 Å². The van der Waals surface area contributed by atoms with E-state index < -0.39 is 15.6 Å². The Labute approximate surface area is 178 Å². The Bertz CT molecular complexity index is 980. The predicted octanol–water partition coefficient (Wildman–Crippen LogP) is 4.18. The number of hydrogen-bond acceptors (Lipinski definition) is 5. The topological polar surface area (TPSA) is 84.9 Å². The Morgan fingerprint density at radius 2 is 1.70 bits per heavy atom. The molecule has 0 saturated carbocycles. The second-order valence-electron chi connectivity index (χ2n) is 8.40. The summed E-state index contributed by atoms with van der Waals surface area (Å²) >= 11 is 0. The average Bonchev–Trinajstić information content (AvgIpc) is 3.11. The summed E-state index contributed by atoms with van der Waals surface area (Å²) in [5.74, 6) is 0.615. The quantitative estimate of drug-likeness (QED) is 0.766. The molecule has 2 aromatic rings. The first kappa shape index (κ1) is 22.0. The van der Waals surface area contributed by atoms with E-state index in [-0.39, 0.29) is 17.1 Å². The van der Waals surface area contributed by atoms with E-state index >= 15 is 0 Å². The molecule has 0 aromatic heterocycles. The third-order valence-corrected chi connectivity index (χ3v) is 5.93. The highest BCUT2D eigenvalue weighted by Gasteiger charge is 2.30. The molecule has 0 aliphatic carbocycles. The minimum atomic E-state index is -3.65. The van der Waals surface area contributed by atoms with Crippen LogP contribution < -0.4 is 9.46 Å². The summed E-state index contributed by atoms with van der Waals surface area (Å²) in [5, 5.41) is 0. The minimum absolute atomic E-state index is 0.132. The van der Waals surface area contributed by atoms with Gasteiger partial charge in [0.15, 0.2) is 0 Å². The van der Waals surface area contributed by atoms with Crippen LogP contribution in [-0.2, 0) is 14.8 Å². The summed E-state index contributed by atoms with van der Waals surface area (Å²) < 4.78 is 38.9. The van der Waals surface area contributed by atoms with Gasteiger partial charge in [0.2, 0.25) is 0 Å². The second-order valence-corrected chi connectivity index (χ2v) is 10.1. The largest absolute Gasteiger partial charge is 0.489 e. The zero-order valence-corrected chi connectivity index (χ0v) is 18.5.